The van der Waals surface area contributed by atoms with E-state index < -0.39 is 5.91 Å². The van der Waals surface area contributed by atoms with Gasteiger partial charge < -0.3 is 5.73 Å². The average molecular weight is 153 g/mol. The maximum atomic E-state index is 10.5. The predicted molar refractivity (Wildman–Crippen MR) is 46.9 cm³/mol. The minimum atomic E-state index is -0.454. The van der Waals surface area contributed by atoms with Gasteiger partial charge in [0.1, 0.15) is 0 Å². The van der Waals surface area contributed by atoms with Crippen molar-refractivity contribution in [3.05, 3.63) is 24.3 Å². The molecule has 0 heterocycles. The van der Waals surface area contributed by atoms with E-state index in [2.05, 4.69) is 20.4 Å². The van der Waals surface area contributed by atoms with Crippen LogP contribution in [0.2, 0.25) is 0 Å². The van der Waals surface area contributed by atoms with Gasteiger partial charge in [-0.05, 0) is 5.92 Å². The van der Waals surface area contributed by atoms with Gasteiger partial charge in [0.25, 0.3) is 0 Å². The Balaban J connectivity index is 3.93. The van der Waals surface area contributed by atoms with E-state index in [4.69, 9.17) is 5.73 Å². The molecule has 0 aromatic heterocycles. The Bertz CT molecular complexity index is 182. The van der Waals surface area contributed by atoms with Crippen LogP contribution in [0.15, 0.2) is 24.3 Å². The Hall–Kier alpha value is -1.05. The quantitative estimate of drug-likeness (QED) is 0.484. The number of hydrogen-bond donors (Lipinski definition) is 1. The van der Waals surface area contributed by atoms with Crippen molar-refractivity contribution in [2.75, 3.05) is 0 Å². The van der Waals surface area contributed by atoms with E-state index in [0.29, 0.717) is 11.5 Å². The van der Waals surface area contributed by atoms with Crippen LogP contribution in [0.1, 0.15) is 20.3 Å². The summed E-state index contributed by atoms with van der Waals surface area (Å²) >= 11 is 0. The molecule has 0 aliphatic rings. The molecule has 0 aromatic carbocycles. The van der Waals surface area contributed by atoms with Gasteiger partial charge in [-0.25, -0.2) is 0 Å². The van der Waals surface area contributed by atoms with Gasteiger partial charge in [-0.1, -0.05) is 39.0 Å². The lowest BCUT2D eigenvalue weighted by molar-refractivity contribution is -0.114. The molecule has 0 aliphatic carbocycles. The summed E-state index contributed by atoms with van der Waals surface area (Å²) in [6.45, 7) is 7.66. The number of carbonyl (C=O) groups is 1. The van der Waals surface area contributed by atoms with Crippen LogP contribution < -0.4 is 5.73 Å². The summed E-state index contributed by atoms with van der Waals surface area (Å²) in [7, 11) is 0. The standard InChI is InChI=1S/C9H15NO/c1-4-7(2)5-6-8(3)9(10)11/h5-7H,3-4H2,1-2H3,(H2,10,11). The molecule has 0 fully saturated rings. The molecule has 0 spiro atoms. The lowest BCUT2D eigenvalue weighted by Crippen LogP contribution is -2.11. The molecule has 0 bridgehead atoms. The van der Waals surface area contributed by atoms with Crippen molar-refractivity contribution < 1.29 is 4.79 Å². The van der Waals surface area contributed by atoms with Crippen molar-refractivity contribution >= 4 is 5.91 Å². The van der Waals surface area contributed by atoms with Gasteiger partial charge in [0.05, 0.1) is 0 Å². The first-order valence-corrected chi connectivity index (χ1v) is 3.74. The number of carbonyl (C=O) groups excluding carboxylic acids is 1. The summed E-state index contributed by atoms with van der Waals surface area (Å²) in [5.74, 6) is 0.0238. The molecular weight excluding hydrogens is 138 g/mol. The minimum absolute atomic E-state index is 0.366. The van der Waals surface area contributed by atoms with E-state index in [1.165, 1.54) is 0 Å². The molecule has 0 radical (unpaired) electrons. The van der Waals surface area contributed by atoms with Crippen molar-refractivity contribution in [3.8, 4) is 0 Å². The van der Waals surface area contributed by atoms with Gasteiger partial charge in [-0.3, -0.25) is 4.79 Å². The highest BCUT2D eigenvalue weighted by molar-refractivity contribution is 5.94. The molecule has 11 heavy (non-hydrogen) atoms. The lowest BCUT2D eigenvalue weighted by atomic mass is 10.1. The topological polar surface area (TPSA) is 43.1 Å². The molecule has 1 atom stereocenters. The smallest absolute Gasteiger partial charge is 0.248 e. The van der Waals surface area contributed by atoms with E-state index in [1.807, 2.05) is 6.08 Å². The number of allylic oxidation sites excluding steroid dienone is 1. The summed E-state index contributed by atoms with van der Waals surface area (Å²) in [6, 6.07) is 0. The fourth-order valence-electron chi connectivity index (χ4n) is 0.499. The normalized spacial score (nSPS) is 13.3. The van der Waals surface area contributed by atoms with Crippen molar-refractivity contribution in [3.63, 3.8) is 0 Å². The van der Waals surface area contributed by atoms with Gasteiger partial charge in [0.15, 0.2) is 0 Å². The maximum Gasteiger partial charge on any atom is 0.248 e. The minimum Gasteiger partial charge on any atom is -0.366 e. The molecule has 1 unspecified atom stereocenters. The highest BCUT2D eigenvalue weighted by Crippen LogP contribution is 2.03. The van der Waals surface area contributed by atoms with Crippen molar-refractivity contribution in [1.82, 2.24) is 0 Å². The molecule has 1 amide bonds. The molecule has 0 aromatic rings. The summed E-state index contributed by atoms with van der Waals surface area (Å²) in [6.07, 6.45) is 4.67. The third-order valence-corrected chi connectivity index (χ3v) is 1.59. The number of hydrogen-bond acceptors (Lipinski definition) is 1. The second kappa shape index (κ2) is 4.72. The number of primary amides is 1. The highest BCUT2D eigenvalue weighted by Gasteiger charge is 1.96. The Labute approximate surface area is 67.8 Å². The molecule has 2 nitrogen and oxygen atoms in total. The summed E-state index contributed by atoms with van der Waals surface area (Å²) in [5.41, 5.74) is 5.34. The van der Waals surface area contributed by atoms with Crippen LogP contribution in [0.4, 0.5) is 0 Å². The molecular formula is C9H15NO. The molecule has 2 N–H and O–H groups in total. The second-order valence-electron chi connectivity index (χ2n) is 2.63. The van der Waals surface area contributed by atoms with Gasteiger partial charge in [0.2, 0.25) is 5.91 Å². The molecule has 2 heteroatoms. The summed E-state index contributed by atoms with van der Waals surface area (Å²) in [4.78, 5) is 10.5. The fourth-order valence-corrected chi connectivity index (χ4v) is 0.499. The molecule has 0 saturated heterocycles. The van der Waals surface area contributed by atoms with Crippen LogP contribution in [0.3, 0.4) is 0 Å². The number of nitrogens with two attached hydrogens (primary N) is 1. The fraction of sp³-hybridized carbons (Fsp3) is 0.444. The zero-order chi connectivity index (χ0) is 8.85. The third kappa shape index (κ3) is 4.37. The van der Waals surface area contributed by atoms with Crippen LogP contribution in [0, 0.1) is 5.92 Å². The first-order valence-electron chi connectivity index (χ1n) is 3.74. The SMILES string of the molecule is C=C(C=CC(C)CC)C(N)=O. The first-order chi connectivity index (χ1) is 5.07. The van der Waals surface area contributed by atoms with E-state index >= 15 is 0 Å². The van der Waals surface area contributed by atoms with Crippen molar-refractivity contribution in [2.45, 2.75) is 20.3 Å². The Morgan fingerprint density at radius 1 is 1.73 bits per heavy atom. The molecule has 0 aliphatic heterocycles. The zero-order valence-corrected chi connectivity index (χ0v) is 7.13. The third-order valence-electron chi connectivity index (χ3n) is 1.59. The van der Waals surface area contributed by atoms with E-state index in [9.17, 15) is 4.79 Å². The van der Waals surface area contributed by atoms with E-state index in [1.54, 1.807) is 6.08 Å². The average Bonchev–Trinajstić information content (AvgIpc) is 1.99. The Morgan fingerprint density at radius 2 is 2.27 bits per heavy atom. The second-order valence-corrected chi connectivity index (χ2v) is 2.63. The number of rotatable bonds is 4. The van der Waals surface area contributed by atoms with Crippen LogP contribution in [-0.2, 0) is 4.79 Å². The lowest BCUT2D eigenvalue weighted by Gasteiger charge is -1.98. The summed E-state index contributed by atoms with van der Waals surface area (Å²) in [5, 5.41) is 0. The maximum absolute atomic E-state index is 10.5. The van der Waals surface area contributed by atoms with Crippen LogP contribution in [0.5, 0.6) is 0 Å². The van der Waals surface area contributed by atoms with Crippen molar-refractivity contribution in [1.29, 1.82) is 0 Å². The van der Waals surface area contributed by atoms with Crippen LogP contribution >= 0.6 is 0 Å². The highest BCUT2D eigenvalue weighted by atomic mass is 16.1. The number of amides is 1. The van der Waals surface area contributed by atoms with Crippen molar-refractivity contribution in [2.24, 2.45) is 11.7 Å². The summed E-state index contributed by atoms with van der Waals surface area (Å²) < 4.78 is 0. The Morgan fingerprint density at radius 3 is 2.64 bits per heavy atom. The van der Waals surface area contributed by atoms with Gasteiger partial charge in [0, 0.05) is 5.57 Å². The monoisotopic (exact) mass is 153 g/mol. The van der Waals surface area contributed by atoms with Crippen LogP contribution in [0.25, 0.3) is 0 Å². The van der Waals surface area contributed by atoms with Gasteiger partial charge in [-0.15, -0.1) is 0 Å². The zero-order valence-electron chi connectivity index (χ0n) is 7.13. The van der Waals surface area contributed by atoms with Crippen LogP contribution in [-0.4, -0.2) is 5.91 Å². The first kappa shape index (κ1) is 9.95. The molecule has 0 rings (SSSR count). The Kier molecular flexibility index (Phi) is 4.27. The van der Waals surface area contributed by atoms with Gasteiger partial charge in [-0.2, -0.15) is 0 Å². The van der Waals surface area contributed by atoms with Gasteiger partial charge >= 0.3 is 0 Å². The molecule has 0 saturated carbocycles. The van der Waals surface area contributed by atoms with E-state index in [0.717, 1.165) is 6.42 Å². The van der Waals surface area contributed by atoms with E-state index in [-0.39, 0.29) is 0 Å². The molecule has 62 valence electrons. The largest absolute Gasteiger partial charge is 0.366 e. The predicted octanol–water partition coefficient (Wildman–Crippen LogP) is 1.63.